The molecule has 0 aromatic rings. The first-order valence-corrected chi connectivity index (χ1v) is 5.78. The molecule has 0 spiro atoms. The number of carbonyl (C=O) groups excluding carboxylic acids is 1. The Kier molecular flexibility index (Phi) is 4.54. The van der Waals surface area contributed by atoms with Gasteiger partial charge in [0.05, 0.1) is 6.04 Å². The van der Waals surface area contributed by atoms with Gasteiger partial charge in [0.25, 0.3) is 0 Å². The zero-order chi connectivity index (χ0) is 11.4. The van der Waals surface area contributed by atoms with Gasteiger partial charge in [-0.1, -0.05) is 0 Å². The van der Waals surface area contributed by atoms with Crippen LogP contribution in [0.1, 0.15) is 33.1 Å². The molecular formula is C11H23N3O. The molecular weight excluding hydrogens is 190 g/mol. The fraction of sp³-hybridized carbons (Fsp3) is 0.909. The van der Waals surface area contributed by atoms with Crippen LogP contribution in [0.4, 0.5) is 0 Å². The van der Waals surface area contributed by atoms with Crippen molar-refractivity contribution in [1.82, 2.24) is 10.2 Å². The van der Waals surface area contributed by atoms with E-state index in [2.05, 4.69) is 17.1 Å². The Hall–Kier alpha value is -0.610. The van der Waals surface area contributed by atoms with E-state index in [1.54, 1.807) is 0 Å². The maximum atomic E-state index is 11.8. The van der Waals surface area contributed by atoms with Gasteiger partial charge in [-0.25, -0.2) is 0 Å². The quantitative estimate of drug-likeness (QED) is 0.668. The molecule has 3 N–H and O–H groups in total. The second-order valence-corrected chi connectivity index (χ2v) is 4.55. The van der Waals surface area contributed by atoms with Crippen LogP contribution in [-0.2, 0) is 4.79 Å². The molecule has 88 valence electrons. The Bertz CT molecular complexity index is 216. The van der Waals surface area contributed by atoms with Gasteiger partial charge >= 0.3 is 0 Å². The van der Waals surface area contributed by atoms with E-state index in [1.165, 1.54) is 0 Å². The van der Waals surface area contributed by atoms with Gasteiger partial charge in [0.1, 0.15) is 0 Å². The van der Waals surface area contributed by atoms with Crippen molar-refractivity contribution in [2.75, 3.05) is 13.6 Å². The van der Waals surface area contributed by atoms with Gasteiger partial charge in [0.2, 0.25) is 5.91 Å². The van der Waals surface area contributed by atoms with Crippen LogP contribution < -0.4 is 11.1 Å². The first-order valence-electron chi connectivity index (χ1n) is 5.78. The number of likely N-dealkylation sites (N-methyl/N-ethyl adjacent to an activating group) is 1. The van der Waals surface area contributed by atoms with E-state index in [-0.39, 0.29) is 11.9 Å². The molecule has 0 aliphatic heterocycles. The summed E-state index contributed by atoms with van der Waals surface area (Å²) in [6.07, 6.45) is 3.21. The van der Waals surface area contributed by atoms with Crippen molar-refractivity contribution in [2.24, 2.45) is 5.73 Å². The second-order valence-electron chi connectivity index (χ2n) is 4.55. The molecule has 1 aliphatic rings. The summed E-state index contributed by atoms with van der Waals surface area (Å²) in [6.45, 7) is 4.72. The summed E-state index contributed by atoms with van der Waals surface area (Å²) < 4.78 is 0. The minimum atomic E-state index is -0.0628. The number of hydrogen-bond acceptors (Lipinski definition) is 3. The molecule has 0 bridgehead atoms. The minimum absolute atomic E-state index is 0.0628. The zero-order valence-corrected chi connectivity index (χ0v) is 9.99. The predicted molar refractivity (Wildman–Crippen MR) is 61.5 cm³/mol. The first-order chi connectivity index (χ1) is 7.06. The molecule has 1 saturated carbocycles. The third kappa shape index (κ3) is 3.80. The van der Waals surface area contributed by atoms with E-state index in [4.69, 9.17) is 5.73 Å². The van der Waals surface area contributed by atoms with Crippen LogP contribution >= 0.6 is 0 Å². The normalized spacial score (nSPS) is 20.1. The Balaban J connectivity index is 2.35. The number of amides is 1. The first kappa shape index (κ1) is 12.5. The van der Waals surface area contributed by atoms with Crippen molar-refractivity contribution in [2.45, 2.75) is 51.2 Å². The molecule has 1 amide bonds. The summed E-state index contributed by atoms with van der Waals surface area (Å²) in [7, 11) is 1.98. The van der Waals surface area contributed by atoms with Gasteiger partial charge in [0, 0.05) is 12.1 Å². The van der Waals surface area contributed by atoms with Crippen LogP contribution in [0.2, 0.25) is 0 Å². The van der Waals surface area contributed by atoms with Crippen molar-refractivity contribution in [3.05, 3.63) is 0 Å². The Labute approximate surface area is 92.2 Å². The summed E-state index contributed by atoms with van der Waals surface area (Å²) in [5, 5.41) is 3.02. The Morgan fingerprint density at radius 2 is 2.13 bits per heavy atom. The van der Waals surface area contributed by atoms with E-state index in [0.29, 0.717) is 18.6 Å². The van der Waals surface area contributed by atoms with Gasteiger partial charge in [-0.2, -0.15) is 0 Å². The van der Waals surface area contributed by atoms with E-state index in [1.807, 2.05) is 14.0 Å². The van der Waals surface area contributed by atoms with Crippen LogP contribution in [0.25, 0.3) is 0 Å². The van der Waals surface area contributed by atoms with Gasteiger partial charge in [0.15, 0.2) is 0 Å². The lowest BCUT2D eigenvalue weighted by Crippen LogP contribution is -2.47. The van der Waals surface area contributed by atoms with E-state index < -0.39 is 0 Å². The molecule has 4 heteroatoms. The summed E-state index contributed by atoms with van der Waals surface area (Å²) >= 11 is 0. The molecule has 0 aromatic carbocycles. The van der Waals surface area contributed by atoms with Crippen molar-refractivity contribution in [1.29, 1.82) is 0 Å². The fourth-order valence-electron chi connectivity index (χ4n) is 1.56. The Morgan fingerprint density at radius 3 is 2.60 bits per heavy atom. The highest BCUT2D eigenvalue weighted by molar-refractivity contribution is 5.81. The van der Waals surface area contributed by atoms with Gasteiger partial charge in [-0.3, -0.25) is 9.69 Å². The molecule has 0 radical (unpaired) electrons. The van der Waals surface area contributed by atoms with Crippen LogP contribution in [0.5, 0.6) is 0 Å². The third-order valence-corrected chi connectivity index (χ3v) is 3.19. The third-order valence-electron chi connectivity index (χ3n) is 3.19. The van der Waals surface area contributed by atoms with E-state index >= 15 is 0 Å². The lowest BCUT2D eigenvalue weighted by atomic mass is 10.1. The van der Waals surface area contributed by atoms with Crippen molar-refractivity contribution >= 4 is 5.91 Å². The standard InChI is InChI=1S/C11H23N3O/c1-8(6-7-12)14(3)9(2)11(15)13-10-4-5-10/h8-10H,4-7,12H2,1-3H3,(H,13,15). The maximum absolute atomic E-state index is 11.8. The Morgan fingerprint density at radius 1 is 1.53 bits per heavy atom. The SMILES string of the molecule is CC(CCN)N(C)C(C)C(=O)NC1CC1. The smallest absolute Gasteiger partial charge is 0.237 e. The number of nitrogens with zero attached hydrogens (tertiary/aromatic N) is 1. The summed E-state index contributed by atoms with van der Waals surface area (Å²) in [4.78, 5) is 13.8. The second kappa shape index (κ2) is 5.47. The van der Waals surface area contributed by atoms with E-state index in [0.717, 1.165) is 19.3 Å². The maximum Gasteiger partial charge on any atom is 0.237 e. The number of rotatable bonds is 6. The van der Waals surface area contributed by atoms with Crippen LogP contribution in [0.15, 0.2) is 0 Å². The van der Waals surface area contributed by atoms with Crippen LogP contribution in [0, 0.1) is 0 Å². The summed E-state index contributed by atoms with van der Waals surface area (Å²) in [6, 6.07) is 0.736. The topological polar surface area (TPSA) is 58.4 Å². The van der Waals surface area contributed by atoms with Crippen molar-refractivity contribution in [3.8, 4) is 0 Å². The highest BCUT2D eigenvalue weighted by Crippen LogP contribution is 2.19. The molecule has 4 nitrogen and oxygen atoms in total. The van der Waals surface area contributed by atoms with E-state index in [9.17, 15) is 4.79 Å². The minimum Gasteiger partial charge on any atom is -0.352 e. The zero-order valence-electron chi connectivity index (χ0n) is 9.99. The van der Waals surface area contributed by atoms with Gasteiger partial charge < -0.3 is 11.1 Å². The molecule has 2 unspecified atom stereocenters. The highest BCUT2D eigenvalue weighted by Gasteiger charge is 2.28. The molecule has 2 atom stereocenters. The number of hydrogen-bond donors (Lipinski definition) is 2. The van der Waals surface area contributed by atoms with Crippen molar-refractivity contribution < 1.29 is 4.79 Å². The summed E-state index contributed by atoms with van der Waals surface area (Å²) in [5.74, 6) is 0.142. The number of nitrogens with two attached hydrogens (primary N) is 1. The highest BCUT2D eigenvalue weighted by atomic mass is 16.2. The molecule has 0 aromatic heterocycles. The molecule has 15 heavy (non-hydrogen) atoms. The summed E-state index contributed by atoms with van der Waals surface area (Å²) in [5.41, 5.74) is 5.51. The number of carbonyl (C=O) groups is 1. The molecule has 1 fully saturated rings. The number of nitrogens with one attached hydrogen (secondary N) is 1. The average molecular weight is 213 g/mol. The lowest BCUT2D eigenvalue weighted by molar-refractivity contribution is -0.126. The lowest BCUT2D eigenvalue weighted by Gasteiger charge is -2.29. The predicted octanol–water partition coefficient (Wildman–Crippen LogP) is 0.323. The van der Waals surface area contributed by atoms with Gasteiger partial charge in [-0.05, 0) is 46.7 Å². The van der Waals surface area contributed by atoms with Gasteiger partial charge in [-0.15, -0.1) is 0 Å². The molecule has 0 heterocycles. The molecule has 1 aliphatic carbocycles. The van der Waals surface area contributed by atoms with Crippen LogP contribution in [-0.4, -0.2) is 42.5 Å². The van der Waals surface area contributed by atoms with Crippen molar-refractivity contribution in [3.63, 3.8) is 0 Å². The monoisotopic (exact) mass is 213 g/mol. The molecule has 0 saturated heterocycles. The molecule has 1 rings (SSSR count). The average Bonchev–Trinajstić information content (AvgIpc) is 2.99. The largest absolute Gasteiger partial charge is 0.352 e. The van der Waals surface area contributed by atoms with Crippen LogP contribution in [0.3, 0.4) is 0 Å². The fourth-order valence-corrected chi connectivity index (χ4v) is 1.56.